The fourth-order valence-electron chi connectivity index (χ4n) is 1.85. The monoisotopic (exact) mass is 241 g/mol. The van der Waals surface area contributed by atoms with Gasteiger partial charge in [-0.05, 0) is 17.7 Å². The van der Waals surface area contributed by atoms with Crippen LogP contribution in [0.1, 0.15) is 10.6 Å². The van der Waals surface area contributed by atoms with E-state index in [1.807, 2.05) is 29.6 Å². The van der Waals surface area contributed by atoms with Gasteiger partial charge in [0.2, 0.25) is 5.91 Å². The van der Waals surface area contributed by atoms with Crippen LogP contribution in [0.4, 0.5) is 5.69 Å². The molecule has 2 heterocycles. The first-order valence-corrected chi connectivity index (χ1v) is 5.93. The Bertz CT molecular complexity index is 654. The highest BCUT2D eigenvalue weighted by atomic mass is 32.1. The highest BCUT2D eigenvalue weighted by Crippen LogP contribution is 2.29. The molecule has 1 N–H and O–H groups in total. The maximum atomic E-state index is 11.2. The van der Waals surface area contributed by atoms with Crippen molar-refractivity contribution in [1.82, 2.24) is 4.98 Å². The lowest BCUT2D eigenvalue weighted by Crippen LogP contribution is -2.03. The standard InChI is InChI=1S/C12H7N3OS/c13-5-12-15-10(6-17-12)7-1-2-9-8(3-7)4-11(16)14-9/h1-3,6H,4H2,(H,14,16). The summed E-state index contributed by atoms with van der Waals surface area (Å²) < 4.78 is 0. The average molecular weight is 241 g/mol. The molecular weight excluding hydrogens is 234 g/mol. The van der Waals surface area contributed by atoms with Crippen LogP contribution in [0.2, 0.25) is 0 Å². The second-order valence-electron chi connectivity index (χ2n) is 3.75. The van der Waals surface area contributed by atoms with E-state index in [-0.39, 0.29) is 5.91 Å². The molecule has 0 atom stereocenters. The fourth-order valence-corrected chi connectivity index (χ4v) is 2.46. The van der Waals surface area contributed by atoms with Gasteiger partial charge in [-0.1, -0.05) is 6.07 Å². The molecule has 0 saturated carbocycles. The normalized spacial score (nSPS) is 13.0. The number of amides is 1. The number of hydrogen-bond donors (Lipinski definition) is 1. The molecule has 0 unspecified atom stereocenters. The van der Waals surface area contributed by atoms with Crippen LogP contribution in [0.5, 0.6) is 0 Å². The zero-order valence-corrected chi connectivity index (χ0v) is 9.54. The number of anilines is 1. The van der Waals surface area contributed by atoms with Gasteiger partial charge in [0.05, 0.1) is 12.1 Å². The van der Waals surface area contributed by atoms with E-state index in [2.05, 4.69) is 10.3 Å². The molecule has 5 heteroatoms. The summed E-state index contributed by atoms with van der Waals surface area (Å²) in [5.74, 6) is 0.0214. The van der Waals surface area contributed by atoms with Crippen LogP contribution in [0.3, 0.4) is 0 Å². The fraction of sp³-hybridized carbons (Fsp3) is 0.0833. The molecule has 1 aliphatic rings. The Morgan fingerprint density at radius 2 is 2.35 bits per heavy atom. The molecule has 0 fully saturated rings. The molecule has 1 aliphatic heterocycles. The Kier molecular flexibility index (Phi) is 2.16. The number of fused-ring (bicyclic) bond motifs is 1. The van der Waals surface area contributed by atoms with Crippen molar-refractivity contribution in [2.45, 2.75) is 6.42 Å². The SMILES string of the molecule is N#Cc1nc(-c2ccc3c(c2)CC(=O)N3)cs1. The van der Waals surface area contributed by atoms with E-state index in [1.54, 1.807) is 0 Å². The summed E-state index contributed by atoms with van der Waals surface area (Å²) in [6.45, 7) is 0. The predicted octanol–water partition coefficient (Wildman–Crippen LogP) is 2.18. The maximum Gasteiger partial charge on any atom is 0.228 e. The summed E-state index contributed by atoms with van der Waals surface area (Å²) in [4.78, 5) is 15.4. The van der Waals surface area contributed by atoms with Crippen molar-refractivity contribution in [3.63, 3.8) is 0 Å². The third-order valence-corrected chi connectivity index (χ3v) is 3.37. The zero-order valence-electron chi connectivity index (χ0n) is 8.73. The van der Waals surface area contributed by atoms with Crippen LogP contribution >= 0.6 is 11.3 Å². The largest absolute Gasteiger partial charge is 0.326 e. The van der Waals surface area contributed by atoms with Crippen molar-refractivity contribution in [2.75, 3.05) is 5.32 Å². The van der Waals surface area contributed by atoms with Gasteiger partial charge in [-0.3, -0.25) is 4.79 Å². The summed E-state index contributed by atoms with van der Waals surface area (Å²) >= 11 is 1.32. The molecule has 0 bridgehead atoms. The van der Waals surface area contributed by atoms with Crippen molar-refractivity contribution >= 4 is 22.9 Å². The highest BCUT2D eigenvalue weighted by Gasteiger charge is 2.18. The summed E-state index contributed by atoms with van der Waals surface area (Å²) in [6, 6.07) is 7.74. The van der Waals surface area contributed by atoms with Crippen LogP contribution in [-0.2, 0) is 11.2 Å². The summed E-state index contributed by atoms with van der Waals surface area (Å²) in [7, 11) is 0. The van der Waals surface area contributed by atoms with E-state index in [0.717, 1.165) is 22.5 Å². The van der Waals surface area contributed by atoms with Gasteiger partial charge >= 0.3 is 0 Å². The highest BCUT2D eigenvalue weighted by molar-refractivity contribution is 7.10. The minimum absolute atomic E-state index is 0.0214. The Morgan fingerprint density at radius 3 is 3.12 bits per heavy atom. The molecule has 1 amide bonds. The molecule has 3 rings (SSSR count). The summed E-state index contributed by atoms with van der Waals surface area (Å²) in [5.41, 5.74) is 3.58. The number of aromatic nitrogens is 1. The van der Waals surface area contributed by atoms with Gasteiger partial charge in [-0.2, -0.15) is 5.26 Å². The molecule has 2 aromatic rings. The summed E-state index contributed by atoms with van der Waals surface area (Å²) in [6.07, 6.45) is 0.415. The van der Waals surface area contributed by atoms with Gasteiger partial charge < -0.3 is 5.32 Å². The quantitative estimate of drug-likeness (QED) is 0.832. The van der Waals surface area contributed by atoms with Crippen molar-refractivity contribution in [3.05, 3.63) is 34.2 Å². The number of carbonyl (C=O) groups excluding carboxylic acids is 1. The lowest BCUT2D eigenvalue weighted by molar-refractivity contribution is -0.115. The van der Waals surface area contributed by atoms with Gasteiger partial charge in [-0.15, -0.1) is 11.3 Å². The van der Waals surface area contributed by atoms with Gasteiger partial charge in [0.25, 0.3) is 0 Å². The van der Waals surface area contributed by atoms with Crippen LogP contribution in [0.15, 0.2) is 23.6 Å². The number of thiazole rings is 1. The minimum Gasteiger partial charge on any atom is -0.326 e. The minimum atomic E-state index is 0.0214. The number of nitrogens with zero attached hydrogens (tertiary/aromatic N) is 2. The topological polar surface area (TPSA) is 65.8 Å². The van der Waals surface area contributed by atoms with E-state index in [0.29, 0.717) is 11.4 Å². The van der Waals surface area contributed by atoms with Crippen LogP contribution < -0.4 is 5.32 Å². The number of benzene rings is 1. The molecule has 1 aromatic heterocycles. The Morgan fingerprint density at radius 1 is 1.47 bits per heavy atom. The number of nitriles is 1. The molecule has 0 spiro atoms. The second kappa shape index (κ2) is 3.68. The Balaban J connectivity index is 2.03. The van der Waals surface area contributed by atoms with E-state index >= 15 is 0 Å². The molecular formula is C12H7N3OS. The van der Waals surface area contributed by atoms with Crippen molar-refractivity contribution in [1.29, 1.82) is 5.26 Å². The Hall–Kier alpha value is -2.19. The average Bonchev–Trinajstić information content (AvgIpc) is 2.92. The number of hydrogen-bond acceptors (Lipinski definition) is 4. The first kappa shape index (κ1) is 10.00. The second-order valence-corrected chi connectivity index (χ2v) is 4.60. The van der Waals surface area contributed by atoms with E-state index in [9.17, 15) is 4.79 Å². The van der Waals surface area contributed by atoms with Gasteiger partial charge in [0.15, 0.2) is 5.01 Å². The summed E-state index contributed by atoms with van der Waals surface area (Å²) in [5, 5.41) is 13.8. The third-order valence-electron chi connectivity index (χ3n) is 2.63. The number of rotatable bonds is 1. The van der Waals surface area contributed by atoms with E-state index in [4.69, 9.17) is 5.26 Å². The lowest BCUT2D eigenvalue weighted by Gasteiger charge is -2.00. The van der Waals surface area contributed by atoms with E-state index in [1.165, 1.54) is 11.3 Å². The maximum absolute atomic E-state index is 11.2. The molecule has 82 valence electrons. The van der Waals surface area contributed by atoms with Gasteiger partial charge in [-0.25, -0.2) is 4.98 Å². The third kappa shape index (κ3) is 1.69. The van der Waals surface area contributed by atoms with Gasteiger partial charge in [0, 0.05) is 16.6 Å². The van der Waals surface area contributed by atoms with Crippen LogP contribution in [-0.4, -0.2) is 10.9 Å². The zero-order chi connectivity index (χ0) is 11.8. The van der Waals surface area contributed by atoms with Gasteiger partial charge in [0.1, 0.15) is 6.07 Å². The molecule has 0 aliphatic carbocycles. The van der Waals surface area contributed by atoms with Crippen molar-refractivity contribution < 1.29 is 4.79 Å². The predicted molar refractivity (Wildman–Crippen MR) is 64.6 cm³/mol. The Labute approximate surface area is 102 Å². The smallest absolute Gasteiger partial charge is 0.228 e. The van der Waals surface area contributed by atoms with Crippen LogP contribution in [0.25, 0.3) is 11.3 Å². The van der Waals surface area contributed by atoms with Crippen molar-refractivity contribution in [2.24, 2.45) is 0 Å². The number of nitrogens with one attached hydrogen (secondary N) is 1. The van der Waals surface area contributed by atoms with Crippen LogP contribution in [0, 0.1) is 11.3 Å². The molecule has 0 saturated heterocycles. The lowest BCUT2D eigenvalue weighted by atomic mass is 10.1. The van der Waals surface area contributed by atoms with Crippen molar-refractivity contribution in [3.8, 4) is 17.3 Å². The molecule has 17 heavy (non-hydrogen) atoms. The first-order chi connectivity index (χ1) is 8.26. The van der Waals surface area contributed by atoms with E-state index < -0.39 is 0 Å². The molecule has 4 nitrogen and oxygen atoms in total. The number of carbonyl (C=O) groups is 1. The first-order valence-electron chi connectivity index (χ1n) is 5.05. The molecule has 1 aromatic carbocycles. The molecule has 0 radical (unpaired) electrons.